The number of benzene rings is 2. The molecule has 3 aliphatic rings. The largest absolute Gasteiger partial charge is 0.449 e. The minimum absolute atomic E-state index is 0.0581. The topological polar surface area (TPSA) is 52.5 Å². The van der Waals surface area contributed by atoms with E-state index in [9.17, 15) is 4.79 Å². The highest BCUT2D eigenvalue weighted by atomic mass is 16.7. The number of anilines is 1. The van der Waals surface area contributed by atoms with Crippen molar-refractivity contribution in [2.75, 3.05) is 5.32 Å². The quantitative estimate of drug-likeness (QED) is 0.413. The molecule has 1 amide bonds. The van der Waals surface area contributed by atoms with Gasteiger partial charge in [0.1, 0.15) is 0 Å². The smallest absolute Gasteiger partial charge is 0.246 e. The summed E-state index contributed by atoms with van der Waals surface area (Å²) in [5, 5.41) is 4.45. The van der Waals surface area contributed by atoms with Crippen molar-refractivity contribution in [2.24, 2.45) is 0 Å². The van der Waals surface area contributed by atoms with Gasteiger partial charge < -0.3 is 19.4 Å². The molecule has 5 nitrogen and oxygen atoms in total. The molecule has 2 heterocycles. The molecule has 0 atom stereocenters. The Morgan fingerprint density at radius 2 is 1.67 bits per heavy atom. The Balaban J connectivity index is 1.28. The minimum Gasteiger partial charge on any atom is -0.449 e. The van der Waals surface area contributed by atoms with Gasteiger partial charge in [0.05, 0.1) is 5.41 Å². The number of nitrogens with zero attached hydrogens (tertiary/aromatic N) is 1. The Labute approximate surface area is 214 Å². The number of carbonyl (C=O) groups is 1. The number of aromatic nitrogens is 1. The normalized spacial score (nSPS) is 20.5. The van der Waals surface area contributed by atoms with Crippen LogP contribution in [0.2, 0.25) is 0 Å². The predicted octanol–water partition coefficient (Wildman–Crippen LogP) is 7.62. The lowest BCUT2D eigenvalue weighted by molar-refractivity contribution is -0.118. The molecule has 36 heavy (non-hydrogen) atoms. The summed E-state index contributed by atoms with van der Waals surface area (Å²) < 4.78 is 14.4. The Hall–Kier alpha value is -2.95. The van der Waals surface area contributed by atoms with Gasteiger partial charge in [-0.05, 0) is 67.6 Å². The van der Waals surface area contributed by atoms with Crippen LogP contribution >= 0.6 is 0 Å². The van der Waals surface area contributed by atoms with Crippen LogP contribution < -0.4 is 14.8 Å². The van der Waals surface area contributed by atoms with Crippen molar-refractivity contribution in [3.05, 3.63) is 53.7 Å². The lowest BCUT2D eigenvalue weighted by Crippen LogP contribution is -2.29. The number of rotatable bonds is 4. The van der Waals surface area contributed by atoms with Crippen LogP contribution in [0.5, 0.6) is 11.5 Å². The molecule has 2 aliphatic carbocycles. The zero-order chi connectivity index (χ0) is 25.3. The molecule has 3 aromatic rings. The van der Waals surface area contributed by atoms with Crippen LogP contribution in [0.3, 0.4) is 0 Å². The lowest BCUT2D eigenvalue weighted by Gasteiger charge is -2.30. The van der Waals surface area contributed by atoms with Crippen LogP contribution in [0.15, 0.2) is 42.5 Å². The summed E-state index contributed by atoms with van der Waals surface area (Å²) in [7, 11) is 0. The van der Waals surface area contributed by atoms with Crippen LogP contribution in [-0.2, 0) is 15.6 Å². The molecule has 1 aromatic heterocycles. The van der Waals surface area contributed by atoms with Crippen molar-refractivity contribution >= 4 is 22.5 Å². The van der Waals surface area contributed by atoms with Gasteiger partial charge in [-0.3, -0.25) is 4.79 Å². The second kappa shape index (κ2) is 8.03. The highest BCUT2D eigenvalue weighted by molar-refractivity contribution is 6.02. The van der Waals surface area contributed by atoms with Gasteiger partial charge in [0.2, 0.25) is 11.7 Å². The summed E-state index contributed by atoms with van der Waals surface area (Å²) in [6.45, 7) is 10.7. The lowest BCUT2D eigenvalue weighted by atomic mass is 9.89. The van der Waals surface area contributed by atoms with Gasteiger partial charge in [-0.2, -0.15) is 0 Å². The van der Waals surface area contributed by atoms with E-state index in [1.807, 2.05) is 32.0 Å². The molecular formula is C31H38N2O3. The fourth-order valence-electron chi connectivity index (χ4n) is 6.17. The molecular weight excluding hydrogens is 448 g/mol. The first-order valence-electron chi connectivity index (χ1n) is 13.6. The zero-order valence-electron chi connectivity index (χ0n) is 22.2. The van der Waals surface area contributed by atoms with Gasteiger partial charge >= 0.3 is 0 Å². The Morgan fingerprint density at radius 1 is 0.944 bits per heavy atom. The average molecular weight is 487 g/mol. The van der Waals surface area contributed by atoms with Crippen LogP contribution in [-0.4, -0.2) is 16.3 Å². The second-order valence-corrected chi connectivity index (χ2v) is 12.5. The Kier molecular flexibility index (Phi) is 5.23. The van der Waals surface area contributed by atoms with E-state index >= 15 is 0 Å². The molecule has 1 aliphatic heterocycles. The van der Waals surface area contributed by atoms with E-state index in [1.165, 1.54) is 48.7 Å². The monoisotopic (exact) mass is 486 g/mol. The van der Waals surface area contributed by atoms with Crippen LogP contribution in [0.4, 0.5) is 5.69 Å². The maximum absolute atomic E-state index is 13.6. The molecule has 2 saturated carbocycles. The maximum atomic E-state index is 13.6. The first-order valence-corrected chi connectivity index (χ1v) is 13.6. The van der Waals surface area contributed by atoms with Gasteiger partial charge in [-0.15, -0.1) is 0 Å². The summed E-state index contributed by atoms with van der Waals surface area (Å²) in [6.07, 6.45) is 8.15. The summed E-state index contributed by atoms with van der Waals surface area (Å²) >= 11 is 0. The molecule has 0 bridgehead atoms. The Bertz CT molecular complexity index is 1330. The van der Waals surface area contributed by atoms with Gasteiger partial charge in [0, 0.05) is 47.6 Å². The molecule has 1 N–H and O–H groups in total. The fourth-order valence-corrected chi connectivity index (χ4v) is 6.17. The molecule has 0 saturated heterocycles. The molecule has 2 fully saturated rings. The van der Waals surface area contributed by atoms with Crippen molar-refractivity contribution < 1.29 is 14.3 Å². The molecule has 0 radical (unpaired) electrons. The molecule has 0 unspecified atom stereocenters. The van der Waals surface area contributed by atoms with E-state index in [-0.39, 0.29) is 11.3 Å². The fraction of sp³-hybridized carbons (Fsp3) is 0.516. The number of ether oxygens (including phenoxy) is 2. The summed E-state index contributed by atoms with van der Waals surface area (Å²) in [4.78, 5) is 13.6. The Morgan fingerprint density at radius 3 is 2.36 bits per heavy atom. The average Bonchev–Trinajstić information content (AvgIpc) is 3.45. The van der Waals surface area contributed by atoms with Gasteiger partial charge in [-0.25, -0.2) is 0 Å². The highest BCUT2D eigenvalue weighted by Crippen LogP contribution is 2.52. The van der Waals surface area contributed by atoms with E-state index < -0.39 is 11.2 Å². The zero-order valence-corrected chi connectivity index (χ0v) is 22.2. The van der Waals surface area contributed by atoms with E-state index in [0.29, 0.717) is 6.04 Å². The highest BCUT2D eigenvalue weighted by Gasteiger charge is 2.52. The first-order chi connectivity index (χ1) is 17.1. The van der Waals surface area contributed by atoms with Crippen molar-refractivity contribution in [2.45, 2.75) is 102 Å². The van der Waals surface area contributed by atoms with Gasteiger partial charge in [0.25, 0.3) is 0 Å². The van der Waals surface area contributed by atoms with Crippen molar-refractivity contribution in [3.63, 3.8) is 0 Å². The van der Waals surface area contributed by atoms with E-state index in [4.69, 9.17) is 9.47 Å². The summed E-state index contributed by atoms with van der Waals surface area (Å²) in [5.41, 5.74) is 4.09. The van der Waals surface area contributed by atoms with Crippen LogP contribution in [0.1, 0.15) is 96.9 Å². The number of nitrogens with one attached hydrogen (secondary N) is 1. The van der Waals surface area contributed by atoms with E-state index in [2.05, 4.69) is 54.9 Å². The van der Waals surface area contributed by atoms with E-state index in [0.717, 1.165) is 35.6 Å². The molecule has 2 aromatic carbocycles. The summed E-state index contributed by atoms with van der Waals surface area (Å²) in [6, 6.07) is 15.3. The van der Waals surface area contributed by atoms with Crippen molar-refractivity contribution in [1.82, 2.24) is 4.57 Å². The van der Waals surface area contributed by atoms with E-state index in [1.54, 1.807) is 0 Å². The van der Waals surface area contributed by atoms with Crippen molar-refractivity contribution in [3.8, 4) is 11.5 Å². The maximum Gasteiger partial charge on any atom is 0.246 e. The minimum atomic E-state index is -0.671. The number of carbonyl (C=O) groups excluding carboxylic acids is 1. The number of amides is 1. The number of fused-ring (bicyclic) bond motifs is 2. The third-order valence-corrected chi connectivity index (χ3v) is 8.20. The SMILES string of the molecule is CC1(C)Oc2ccc(C3(C(=O)Nc4ccc5c(c4)cc(C(C)(C)C)n5C4CCCCC4)CC3)cc2O1. The first kappa shape index (κ1) is 23.4. The van der Waals surface area contributed by atoms with Crippen molar-refractivity contribution in [1.29, 1.82) is 0 Å². The molecule has 190 valence electrons. The van der Waals surface area contributed by atoms with Crippen LogP contribution in [0.25, 0.3) is 10.9 Å². The molecule has 5 heteroatoms. The van der Waals surface area contributed by atoms with Crippen LogP contribution in [0, 0.1) is 0 Å². The number of hydrogen-bond donors (Lipinski definition) is 1. The van der Waals surface area contributed by atoms with Gasteiger partial charge in [0.15, 0.2) is 11.5 Å². The second-order valence-electron chi connectivity index (χ2n) is 12.5. The molecule has 6 rings (SSSR count). The standard InChI is InChI=1S/C31H38N2O3/c1-29(2,3)27-18-20-17-22(12-13-24(20)33(27)23-9-7-6-8-10-23)32-28(34)31(15-16-31)21-11-14-25-26(19-21)36-30(4,5)35-25/h11-14,17-19,23H,6-10,15-16H2,1-5H3,(H,32,34). The third-order valence-electron chi connectivity index (χ3n) is 8.20. The summed E-state index contributed by atoms with van der Waals surface area (Å²) in [5.74, 6) is 0.844. The number of hydrogen-bond acceptors (Lipinski definition) is 3. The predicted molar refractivity (Wildman–Crippen MR) is 144 cm³/mol. The molecule has 0 spiro atoms. The van der Waals surface area contributed by atoms with Gasteiger partial charge in [-0.1, -0.05) is 46.1 Å². The third kappa shape index (κ3) is 3.97.